The third-order valence-electron chi connectivity index (χ3n) is 1.84. The molecule has 2 nitrogen and oxygen atoms in total. The second kappa shape index (κ2) is 6.87. The van der Waals surface area contributed by atoms with Gasteiger partial charge in [0.15, 0.2) is 0 Å². The SMILES string of the molecule is CC(=CCCC(C)CC#N)CO. The molecule has 0 aliphatic rings. The van der Waals surface area contributed by atoms with Gasteiger partial charge in [-0.25, -0.2) is 0 Å². The summed E-state index contributed by atoms with van der Waals surface area (Å²) in [5.41, 5.74) is 1.01. The van der Waals surface area contributed by atoms with Crippen LogP contribution in [0.5, 0.6) is 0 Å². The van der Waals surface area contributed by atoms with E-state index < -0.39 is 0 Å². The Kier molecular flexibility index (Phi) is 6.41. The fraction of sp³-hybridized carbons (Fsp3) is 0.700. The van der Waals surface area contributed by atoms with Crippen molar-refractivity contribution in [2.24, 2.45) is 5.92 Å². The van der Waals surface area contributed by atoms with Crippen molar-refractivity contribution in [2.45, 2.75) is 33.1 Å². The molecule has 0 aliphatic carbocycles. The molecule has 0 aliphatic heterocycles. The van der Waals surface area contributed by atoms with Gasteiger partial charge in [0.05, 0.1) is 12.7 Å². The van der Waals surface area contributed by atoms with Crippen LogP contribution in [0.2, 0.25) is 0 Å². The van der Waals surface area contributed by atoms with Crippen LogP contribution < -0.4 is 0 Å². The molecular weight excluding hydrogens is 150 g/mol. The molecule has 0 aromatic carbocycles. The molecule has 0 heterocycles. The first kappa shape index (κ1) is 11.2. The van der Waals surface area contributed by atoms with E-state index in [9.17, 15) is 0 Å². The van der Waals surface area contributed by atoms with Crippen LogP contribution in [0.25, 0.3) is 0 Å². The van der Waals surface area contributed by atoms with Gasteiger partial charge in [-0.2, -0.15) is 5.26 Å². The molecule has 1 N–H and O–H groups in total. The molecule has 0 radical (unpaired) electrons. The molecule has 1 atom stereocenters. The standard InChI is InChI=1S/C10H17NO/c1-9(6-7-11)4-3-5-10(2)8-12/h5,9,12H,3-4,6,8H2,1-2H3. The molecule has 0 amide bonds. The number of nitrogens with zero attached hydrogens (tertiary/aromatic N) is 1. The Morgan fingerprint density at radius 2 is 2.33 bits per heavy atom. The Morgan fingerprint density at radius 3 is 2.83 bits per heavy atom. The molecule has 0 fully saturated rings. The lowest BCUT2D eigenvalue weighted by Gasteiger charge is -2.03. The first-order valence-corrected chi connectivity index (χ1v) is 4.34. The van der Waals surface area contributed by atoms with Crippen molar-refractivity contribution >= 4 is 0 Å². The summed E-state index contributed by atoms with van der Waals surface area (Å²) in [5, 5.41) is 17.1. The van der Waals surface area contributed by atoms with Crippen LogP contribution in [0.3, 0.4) is 0 Å². The molecule has 0 saturated heterocycles. The summed E-state index contributed by atoms with van der Waals surface area (Å²) in [6.07, 6.45) is 4.67. The topological polar surface area (TPSA) is 44.0 Å². The first-order chi connectivity index (χ1) is 5.70. The van der Waals surface area contributed by atoms with E-state index in [1.807, 2.05) is 13.0 Å². The quantitative estimate of drug-likeness (QED) is 0.638. The van der Waals surface area contributed by atoms with Gasteiger partial charge in [-0.05, 0) is 25.7 Å². The maximum absolute atomic E-state index is 8.68. The number of nitriles is 1. The van der Waals surface area contributed by atoms with Crippen LogP contribution in [-0.2, 0) is 0 Å². The minimum absolute atomic E-state index is 0.145. The van der Waals surface area contributed by atoms with Crippen LogP contribution in [-0.4, -0.2) is 11.7 Å². The number of aliphatic hydroxyl groups is 1. The van der Waals surface area contributed by atoms with Gasteiger partial charge in [-0.1, -0.05) is 18.6 Å². The molecule has 0 saturated carbocycles. The summed E-state index contributed by atoms with van der Waals surface area (Å²) < 4.78 is 0. The summed E-state index contributed by atoms with van der Waals surface area (Å²) in [4.78, 5) is 0. The van der Waals surface area contributed by atoms with Gasteiger partial charge in [0.1, 0.15) is 0 Å². The van der Waals surface area contributed by atoms with Gasteiger partial charge in [-0.15, -0.1) is 0 Å². The summed E-state index contributed by atoms with van der Waals surface area (Å²) >= 11 is 0. The van der Waals surface area contributed by atoms with Crippen molar-refractivity contribution in [1.82, 2.24) is 0 Å². The van der Waals surface area contributed by atoms with Crippen molar-refractivity contribution in [3.05, 3.63) is 11.6 Å². The molecule has 1 unspecified atom stereocenters. The summed E-state index contributed by atoms with van der Waals surface area (Å²) in [5.74, 6) is 0.470. The van der Waals surface area contributed by atoms with Gasteiger partial charge in [0, 0.05) is 6.42 Å². The Balaban J connectivity index is 3.50. The van der Waals surface area contributed by atoms with Crippen LogP contribution in [0.15, 0.2) is 11.6 Å². The first-order valence-electron chi connectivity index (χ1n) is 4.34. The number of hydrogen-bond donors (Lipinski definition) is 1. The summed E-state index contributed by atoms with van der Waals surface area (Å²) in [6.45, 7) is 4.13. The molecule has 0 aromatic heterocycles. The Morgan fingerprint density at radius 1 is 1.67 bits per heavy atom. The van der Waals surface area contributed by atoms with Crippen LogP contribution in [0.1, 0.15) is 33.1 Å². The lowest BCUT2D eigenvalue weighted by Crippen LogP contribution is -1.92. The molecule has 0 rings (SSSR count). The zero-order valence-corrected chi connectivity index (χ0v) is 7.88. The minimum Gasteiger partial charge on any atom is -0.392 e. The van der Waals surface area contributed by atoms with Crippen molar-refractivity contribution in [1.29, 1.82) is 5.26 Å². The van der Waals surface area contributed by atoms with Crippen molar-refractivity contribution < 1.29 is 5.11 Å². The predicted octanol–water partition coefficient (Wildman–Crippen LogP) is 2.25. The minimum atomic E-state index is 0.145. The summed E-state index contributed by atoms with van der Waals surface area (Å²) in [7, 11) is 0. The zero-order valence-electron chi connectivity index (χ0n) is 7.88. The van der Waals surface area contributed by atoms with Crippen LogP contribution >= 0.6 is 0 Å². The van der Waals surface area contributed by atoms with Gasteiger partial charge >= 0.3 is 0 Å². The molecule has 0 spiro atoms. The largest absolute Gasteiger partial charge is 0.392 e. The second-order valence-corrected chi connectivity index (χ2v) is 3.25. The van der Waals surface area contributed by atoms with Crippen molar-refractivity contribution in [3.63, 3.8) is 0 Å². The van der Waals surface area contributed by atoms with E-state index in [1.54, 1.807) is 0 Å². The Labute approximate surface area is 74.5 Å². The lowest BCUT2D eigenvalue weighted by molar-refractivity contribution is 0.330. The maximum Gasteiger partial charge on any atom is 0.0639 e. The highest BCUT2D eigenvalue weighted by Crippen LogP contribution is 2.10. The fourth-order valence-corrected chi connectivity index (χ4v) is 0.937. The normalized spacial score (nSPS) is 14.0. The van der Waals surface area contributed by atoms with Crippen molar-refractivity contribution in [3.8, 4) is 6.07 Å². The highest BCUT2D eigenvalue weighted by atomic mass is 16.3. The van der Waals surface area contributed by atoms with E-state index in [-0.39, 0.29) is 6.61 Å². The van der Waals surface area contributed by atoms with Crippen LogP contribution in [0.4, 0.5) is 0 Å². The third-order valence-corrected chi connectivity index (χ3v) is 1.84. The van der Waals surface area contributed by atoms with Gasteiger partial charge in [0.2, 0.25) is 0 Å². The second-order valence-electron chi connectivity index (χ2n) is 3.25. The van der Waals surface area contributed by atoms with Gasteiger partial charge in [-0.3, -0.25) is 0 Å². The molecule has 0 aromatic rings. The average Bonchev–Trinajstić information content (AvgIpc) is 2.04. The molecule has 2 heteroatoms. The van der Waals surface area contributed by atoms with E-state index in [0.29, 0.717) is 12.3 Å². The van der Waals surface area contributed by atoms with E-state index in [1.165, 1.54) is 0 Å². The van der Waals surface area contributed by atoms with E-state index in [2.05, 4.69) is 13.0 Å². The number of allylic oxidation sites excluding steroid dienone is 1. The highest BCUT2D eigenvalue weighted by molar-refractivity contribution is 4.97. The predicted molar refractivity (Wildman–Crippen MR) is 49.5 cm³/mol. The zero-order chi connectivity index (χ0) is 9.40. The Hall–Kier alpha value is -0.810. The highest BCUT2D eigenvalue weighted by Gasteiger charge is 1.98. The monoisotopic (exact) mass is 167 g/mol. The third kappa shape index (κ3) is 5.94. The smallest absolute Gasteiger partial charge is 0.0639 e. The number of hydrogen-bond acceptors (Lipinski definition) is 2. The summed E-state index contributed by atoms with van der Waals surface area (Å²) in [6, 6.07) is 2.15. The molecule has 68 valence electrons. The maximum atomic E-state index is 8.68. The fourth-order valence-electron chi connectivity index (χ4n) is 0.937. The number of aliphatic hydroxyl groups excluding tert-OH is 1. The molecule has 12 heavy (non-hydrogen) atoms. The Bertz CT molecular complexity index is 179. The lowest BCUT2D eigenvalue weighted by atomic mass is 10.0. The van der Waals surface area contributed by atoms with Gasteiger partial charge < -0.3 is 5.11 Å². The number of rotatable bonds is 5. The molecule has 0 bridgehead atoms. The van der Waals surface area contributed by atoms with E-state index in [0.717, 1.165) is 18.4 Å². The van der Waals surface area contributed by atoms with E-state index in [4.69, 9.17) is 10.4 Å². The van der Waals surface area contributed by atoms with Gasteiger partial charge in [0.25, 0.3) is 0 Å². The van der Waals surface area contributed by atoms with Crippen LogP contribution in [0, 0.1) is 17.2 Å². The van der Waals surface area contributed by atoms with E-state index >= 15 is 0 Å². The van der Waals surface area contributed by atoms with Crippen molar-refractivity contribution in [2.75, 3.05) is 6.61 Å². The molecular formula is C10H17NO. The average molecular weight is 167 g/mol.